The van der Waals surface area contributed by atoms with Gasteiger partial charge in [0.05, 0.1) is 11.1 Å². The lowest BCUT2D eigenvalue weighted by Crippen LogP contribution is -2.13. The van der Waals surface area contributed by atoms with Gasteiger partial charge in [-0.05, 0) is 32.4 Å². The summed E-state index contributed by atoms with van der Waals surface area (Å²) in [5.74, 6) is 0. The summed E-state index contributed by atoms with van der Waals surface area (Å²) in [6.45, 7) is 6.59. The zero-order valence-corrected chi connectivity index (χ0v) is 15.4. The Kier molecular flexibility index (Phi) is 7.05. The second kappa shape index (κ2) is 7.90. The van der Waals surface area contributed by atoms with Crippen molar-refractivity contribution in [2.45, 2.75) is 38.7 Å². The van der Waals surface area contributed by atoms with Crippen molar-refractivity contribution in [3.63, 3.8) is 0 Å². The van der Waals surface area contributed by atoms with Crippen molar-refractivity contribution in [1.82, 2.24) is 0 Å². The van der Waals surface area contributed by atoms with Crippen LogP contribution >= 0.6 is 19.0 Å². The third kappa shape index (κ3) is 5.33. The van der Waals surface area contributed by atoms with Gasteiger partial charge in [-0.3, -0.25) is 8.75 Å². The highest BCUT2D eigenvalue weighted by Gasteiger charge is 2.29. The molecular weight excluding hydrogens is 351 g/mol. The molecule has 1 aromatic carbocycles. The normalized spacial score (nSPS) is 15.0. The predicted octanol–water partition coefficient (Wildman–Crippen LogP) is 3.97. The molecule has 0 fully saturated rings. The van der Waals surface area contributed by atoms with Gasteiger partial charge in [0.1, 0.15) is 11.2 Å². The highest BCUT2D eigenvalue weighted by atomic mass is 35.5. The number of hydrogen-bond acceptors (Lipinski definition) is 6. The van der Waals surface area contributed by atoms with Crippen LogP contribution in [0.1, 0.15) is 26.3 Å². The van der Waals surface area contributed by atoms with E-state index < -0.39 is 23.8 Å². The van der Waals surface area contributed by atoms with Gasteiger partial charge in [0.2, 0.25) is 0 Å². The first-order chi connectivity index (χ1) is 10.1. The Morgan fingerprint density at radius 2 is 1.95 bits per heavy atom. The average Bonchev–Trinajstić information content (AvgIpc) is 2.43. The molecule has 0 bridgehead atoms. The SMILES string of the molecule is CCP(=O)(COS(=O)(=O)c1c(C)cccc1Cl)OOC(C)C. The number of hydrogen-bond donors (Lipinski definition) is 0. The fourth-order valence-corrected chi connectivity index (χ4v) is 4.72. The van der Waals surface area contributed by atoms with Gasteiger partial charge < -0.3 is 0 Å². The number of benzene rings is 1. The van der Waals surface area contributed by atoms with Crippen LogP contribution in [0.3, 0.4) is 0 Å². The molecule has 126 valence electrons. The van der Waals surface area contributed by atoms with Gasteiger partial charge >= 0.3 is 0 Å². The second-order valence-electron chi connectivity index (χ2n) is 4.94. The summed E-state index contributed by atoms with van der Waals surface area (Å²) in [7, 11) is -7.51. The Hall–Kier alpha value is -0.430. The molecule has 1 unspecified atom stereocenters. The van der Waals surface area contributed by atoms with Gasteiger partial charge in [-0.15, -0.1) is 0 Å². The van der Waals surface area contributed by atoms with Crippen molar-refractivity contribution in [3.05, 3.63) is 28.8 Å². The van der Waals surface area contributed by atoms with E-state index in [4.69, 9.17) is 25.3 Å². The molecule has 0 radical (unpaired) electrons. The van der Waals surface area contributed by atoms with Crippen LogP contribution in [-0.4, -0.2) is 27.0 Å². The van der Waals surface area contributed by atoms with Gasteiger partial charge in [0, 0.05) is 6.16 Å². The molecule has 0 heterocycles. The molecule has 0 aliphatic carbocycles. The predicted molar refractivity (Wildman–Crippen MR) is 84.8 cm³/mol. The first kappa shape index (κ1) is 19.6. The van der Waals surface area contributed by atoms with E-state index in [1.807, 2.05) is 0 Å². The maximum Gasteiger partial charge on any atom is 0.299 e. The summed E-state index contributed by atoms with van der Waals surface area (Å²) < 4.78 is 46.6. The van der Waals surface area contributed by atoms with Crippen LogP contribution in [0.5, 0.6) is 0 Å². The quantitative estimate of drug-likeness (QED) is 0.298. The number of halogens is 1. The molecule has 0 saturated heterocycles. The zero-order valence-electron chi connectivity index (χ0n) is 12.9. The Morgan fingerprint density at radius 3 is 2.45 bits per heavy atom. The van der Waals surface area contributed by atoms with Crippen molar-refractivity contribution in [1.29, 1.82) is 0 Å². The minimum Gasteiger partial charge on any atom is -0.288 e. The zero-order chi connectivity index (χ0) is 17.0. The van der Waals surface area contributed by atoms with Crippen LogP contribution in [0.25, 0.3) is 0 Å². The van der Waals surface area contributed by atoms with Gasteiger partial charge in [0.25, 0.3) is 17.5 Å². The molecule has 0 saturated carbocycles. The fourth-order valence-electron chi connectivity index (χ4n) is 1.47. The molecule has 1 aromatic rings. The molecule has 0 spiro atoms. The summed E-state index contributed by atoms with van der Waals surface area (Å²) in [5.41, 5.74) is 0.443. The maximum atomic E-state index is 12.4. The summed E-state index contributed by atoms with van der Waals surface area (Å²) in [4.78, 5) is 4.72. The Bertz CT molecular complexity index is 638. The molecule has 0 amide bonds. The van der Waals surface area contributed by atoms with Gasteiger partial charge in [-0.25, -0.2) is 4.89 Å². The van der Waals surface area contributed by atoms with Crippen molar-refractivity contribution >= 4 is 29.1 Å². The van der Waals surface area contributed by atoms with Gasteiger partial charge in [0.15, 0.2) is 0 Å². The van der Waals surface area contributed by atoms with Gasteiger partial charge in [-0.2, -0.15) is 13.1 Å². The average molecular weight is 371 g/mol. The topological polar surface area (TPSA) is 78.9 Å². The minimum atomic E-state index is -4.14. The standard InChI is InChI=1S/C13H20ClO6PS/c1-5-21(15,20-19-10(2)3)9-18-22(16,17)13-11(4)7-6-8-12(13)14/h6-8,10H,5,9H2,1-4H3. The third-order valence-corrected chi connectivity index (χ3v) is 6.59. The number of aryl methyl sites for hydroxylation is 1. The van der Waals surface area contributed by atoms with Crippen molar-refractivity contribution in [2.24, 2.45) is 0 Å². The largest absolute Gasteiger partial charge is 0.299 e. The lowest BCUT2D eigenvalue weighted by molar-refractivity contribution is -0.234. The van der Waals surface area contributed by atoms with E-state index in [0.29, 0.717) is 5.56 Å². The summed E-state index contributed by atoms with van der Waals surface area (Å²) in [6.07, 6.45) is -0.831. The molecule has 22 heavy (non-hydrogen) atoms. The van der Waals surface area contributed by atoms with E-state index in [2.05, 4.69) is 0 Å². The molecule has 9 heteroatoms. The molecule has 0 N–H and O–H groups in total. The maximum absolute atomic E-state index is 12.4. The second-order valence-corrected chi connectivity index (χ2v) is 9.57. The van der Waals surface area contributed by atoms with Crippen LogP contribution in [0.4, 0.5) is 0 Å². The number of rotatable bonds is 8. The molecule has 6 nitrogen and oxygen atoms in total. The Balaban J connectivity index is 2.91. The third-order valence-electron chi connectivity index (χ3n) is 2.67. The molecule has 1 atom stereocenters. The Labute approximate surface area is 136 Å². The van der Waals surface area contributed by atoms with E-state index in [0.717, 1.165) is 0 Å². The lowest BCUT2D eigenvalue weighted by Gasteiger charge is -2.17. The molecular formula is C13H20ClO6PS. The Morgan fingerprint density at radius 1 is 1.32 bits per heavy atom. The van der Waals surface area contributed by atoms with Crippen molar-refractivity contribution in [3.8, 4) is 0 Å². The van der Waals surface area contributed by atoms with Crippen LogP contribution in [-0.2, 0) is 28.4 Å². The highest BCUT2D eigenvalue weighted by molar-refractivity contribution is 7.87. The molecule has 0 aromatic heterocycles. The van der Waals surface area contributed by atoms with Crippen LogP contribution in [0, 0.1) is 6.92 Å². The minimum absolute atomic E-state index is 0.0469. The van der Waals surface area contributed by atoms with Crippen LogP contribution in [0.2, 0.25) is 5.02 Å². The fraction of sp³-hybridized carbons (Fsp3) is 0.538. The summed E-state index contributed by atoms with van der Waals surface area (Å²) in [6, 6.07) is 4.68. The first-order valence-corrected chi connectivity index (χ1v) is 10.5. The smallest absolute Gasteiger partial charge is 0.288 e. The lowest BCUT2D eigenvalue weighted by atomic mass is 10.2. The van der Waals surface area contributed by atoms with E-state index in [1.165, 1.54) is 6.07 Å². The van der Waals surface area contributed by atoms with Gasteiger partial charge in [-0.1, -0.05) is 30.7 Å². The van der Waals surface area contributed by atoms with E-state index in [-0.39, 0.29) is 22.2 Å². The summed E-state index contributed by atoms with van der Waals surface area (Å²) >= 11 is 5.92. The van der Waals surface area contributed by atoms with E-state index in [9.17, 15) is 13.0 Å². The first-order valence-electron chi connectivity index (χ1n) is 6.69. The monoisotopic (exact) mass is 370 g/mol. The van der Waals surface area contributed by atoms with Crippen molar-refractivity contribution in [2.75, 3.05) is 12.5 Å². The van der Waals surface area contributed by atoms with Crippen LogP contribution in [0.15, 0.2) is 23.1 Å². The van der Waals surface area contributed by atoms with E-state index in [1.54, 1.807) is 39.8 Å². The highest BCUT2D eigenvalue weighted by Crippen LogP contribution is 2.47. The van der Waals surface area contributed by atoms with Crippen LogP contribution < -0.4 is 0 Å². The molecule has 1 rings (SSSR count). The molecule has 0 aliphatic rings. The summed E-state index contributed by atoms with van der Waals surface area (Å²) in [5, 5.41) is 0.0469. The van der Waals surface area contributed by atoms with E-state index >= 15 is 0 Å². The van der Waals surface area contributed by atoms with Crippen molar-refractivity contribution < 1.29 is 26.7 Å². The molecule has 0 aliphatic heterocycles.